The lowest BCUT2D eigenvalue weighted by molar-refractivity contribution is 0.0971. The van der Waals surface area contributed by atoms with Crippen LogP contribution in [0.25, 0.3) is 0 Å². The minimum absolute atomic E-state index is 0.179. The molecule has 1 aliphatic rings. The number of nitriles is 1. The maximum Gasteiger partial charge on any atom is 0.166 e. The SMILES string of the molecule is COc1ccc(Cc2nn(CCC#N)c3c2C(=O)CCC3)cc1. The topological polar surface area (TPSA) is 67.9 Å². The molecule has 0 radical (unpaired) electrons. The predicted molar refractivity (Wildman–Crippen MR) is 85.5 cm³/mol. The van der Waals surface area contributed by atoms with Crippen molar-refractivity contribution in [1.82, 2.24) is 9.78 Å². The first-order chi connectivity index (χ1) is 11.2. The molecule has 0 amide bonds. The van der Waals surface area contributed by atoms with E-state index >= 15 is 0 Å². The Bertz CT molecular complexity index is 754. The van der Waals surface area contributed by atoms with Gasteiger partial charge in [-0.25, -0.2) is 0 Å². The monoisotopic (exact) mass is 309 g/mol. The first-order valence-corrected chi connectivity index (χ1v) is 7.84. The summed E-state index contributed by atoms with van der Waals surface area (Å²) < 4.78 is 7.03. The highest BCUT2D eigenvalue weighted by Crippen LogP contribution is 2.27. The summed E-state index contributed by atoms with van der Waals surface area (Å²) in [5, 5.41) is 13.4. The highest BCUT2D eigenvalue weighted by Gasteiger charge is 2.26. The maximum atomic E-state index is 12.3. The van der Waals surface area contributed by atoms with Crippen LogP contribution in [0, 0.1) is 11.3 Å². The third-order valence-electron chi connectivity index (χ3n) is 4.19. The van der Waals surface area contributed by atoms with Gasteiger partial charge in [0, 0.05) is 18.5 Å². The van der Waals surface area contributed by atoms with E-state index in [4.69, 9.17) is 10.00 Å². The van der Waals surface area contributed by atoms with Crippen LogP contribution in [0.3, 0.4) is 0 Å². The normalized spacial score (nSPS) is 13.5. The lowest BCUT2D eigenvalue weighted by atomic mass is 9.92. The number of hydrogen-bond acceptors (Lipinski definition) is 4. The van der Waals surface area contributed by atoms with E-state index in [1.807, 2.05) is 28.9 Å². The number of methoxy groups -OCH3 is 1. The van der Waals surface area contributed by atoms with Crippen LogP contribution in [0.2, 0.25) is 0 Å². The predicted octanol–water partition coefficient (Wildman–Crippen LogP) is 2.92. The fourth-order valence-corrected chi connectivity index (χ4v) is 3.07. The molecule has 1 aromatic heterocycles. The smallest absolute Gasteiger partial charge is 0.166 e. The second-order valence-electron chi connectivity index (χ2n) is 5.70. The second kappa shape index (κ2) is 6.66. The molecular formula is C18H19N3O2. The summed E-state index contributed by atoms with van der Waals surface area (Å²) >= 11 is 0. The Morgan fingerprint density at radius 1 is 1.30 bits per heavy atom. The zero-order valence-corrected chi connectivity index (χ0v) is 13.2. The van der Waals surface area contributed by atoms with Crippen LogP contribution in [-0.4, -0.2) is 22.7 Å². The standard InChI is InChI=1S/C18H19N3O2/c1-23-14-8-6-13(7-9-14)12-15-18-16(4-2-5-17(18)22)21(20-15)11-3-10-19/h6-9H,2-5,11-12H2,1H3. The number of carbonyl (C=O) groups is 1. The Morgan fingerprint density at radius 3 is 2.78 bits per heavy atom. The number of carbonyl (C=O) groups excluding carboxylic acids is 1. The van der Waals surface area contributed by atoms with Crippen LogP contribution in [-0.2, 0) is 19.4 Å². The molecule has 0 atom stereocenters. The number of fused-ring (bicyclic) bond motifs is 1. The van der Waals surface area contributed by atoms with Crippen molar-refractivity contribution < 1.29 is 9.53 Å². The first-order valence-electron chi connectivity index (χ1n) is 7.84. The van der Waals surface area contributed by atoms with Crippen molar-refractivity contribution in [2.45, 2.75) is 38.6 Å². The third kappa shape index (κ3) is 3.11. The molecule has 1 aromatic carbocycles. The van der Waals surface area contributed by atoms with Crippen molar-refractivity contribution in [1.29, 1.82) is 5.26 Å². The fraction of sp³-hybridized carbons (Fsp3) is 0.389. The minimum Gasteiger partial charge on any atom is -0.497 e. The lowest BCUT2D eigenvalue weighted by Gasteiger charge is -2.13. The number of rotatable bonds is 5. The molecule has 23 heavy (non-hydrogen) atoms. The number of aryl methyl sites for hydroxylation is 1. The van der Waals surface area contributed by atoms with Gasteiger partial charge < -0.3 is 4.74 Å². The summed E-state index contributed by atoms with van der Waals surface area (Å²) in [5.74, 6) is 0.990. The van der Waals surface area contributed by atoms with Crippen LogP contribution in [0.15, 0.2) is 24.3 Å². The number of hydrogen-bond donors (Lipinski definition) is 0. The molecule has 1 aliphatic carbocycles. The Hall–Kier alpha value is -2.61. The molecule has 1 heterocycles. The van der Waals surface area contributed by atoms with Crippen LogP contribution < -0.4 is 4.74 Å². The zero-order chi connectivity index (χ0) is 16.2. The number of ether oxygens (including phenoxy) is 1. The molecule has 2 aromatic rings. The van der Waals surface area contributed by atoms with Crippen molar-refractivity contribution in [2.24, 2.45) is 0 Å². The molecular weight excluding hydrogens is 290 g/mol. The van der Waals surface area contributed by atoms with Crippen molar-refractivity contribution >= 4 is 5.78 Å². The molecule has 0 spiro atoms. The Kier molecular flexibility index (Phi) is 4.42. The summed E-state index contributed by atoms with van der Waals surface area (Å²) in [6.45, 7) is 0.550. The van der Waals surface area contributed by atoms with Gasteiger partial charge in [-0.15, -0.1) is 0 Å². The van der Waals surface area contributed by atoms with Gasteiger partial charge in [0.15, 0.2) is 5.78 Å². The molecule has 5 heteroatoms. The van der Waals surface area contributed by atoms with E-state index in [0.717, 1.165) is 41.1 Å². The lowest BCUT2D eigenvalue weighted by Crippen LogP contribution is -2.14. The van der Waals surface area contributed by atoms with Gasteiger partial charge in [0.05, 0.1) is 37.4 Å². The molecule has 0 aliphatic heterocycles. The van der Waals surface area contributed by atoms with E-state index in [9.17, 15) is 4.79 Å². The molecule has 0 N–H and O–H groups in total. The van der Waals surface area contributed by atoms with Gasteiger partial charge in [0.1, 0.15) is 5.75 Å². The van der Waals surface area contributed by atoms with Crippen LogP contribution in [0.4, 0.5) is 0 Å². The Balaban J connectivity index is 1.92. The summed E-state index contributed by atoms with van der Waals surface area (Å²) in [6.07, 6.45) is 3.35. The van der Waals surface area contributed by atoms with Crippen LogP contribution >= 0.6 is 0 Å². The molecule has 118 valence electrons. The molecule has 0 saturated carbocycles. The molecule has 0 fully saturated rings. The maximum absolute atomic E-state index is 12.3. The zero-order valence-electron chi connectivity index (χ0n) is 13.2. The highest BCUT2D eigenvalue weighted by molar-refractivity contribution is 5.99. The second-order valence-corrected chi connectivity index (χ2v) is 5.70. The van der Waals surface area contributed by atoms with Gasteiger partial charge in [0.25, 0.3) is 0 Å². The Morgan fingerprint density at radius 2 is 2.09 bits per heavy atom. The molecule has 5 nitrogen and oxygen atoms in total. The van der Waals surface area contributed by atoms with E-state index in [1.54, 1.807) is 7.11 Å². The van der Waals surface area contributed by atoms with Crippen molar-refractivity contribution in [3.05, 3.63) is 46.8 Å². The molecule has 3 rings (SSSR count). The highest BCUT2D eigenvalue weighted by atomic mass is 16.5. The van der Waals surface area contributed by atoms with Gasteiger partial charge in [-0.3, -0.25) is 9.48 Å². The minimum atomic E-state index is 0.179. The Labute approximate surface area is 135 Å². The van der Waals surface area contributed by atoms with Crippen LogP contribution in [0.1, 0.15) is 46.6 Å². The average molecular weight is 309 g/mol. The average Bonchev–Trinajstić information content (AvgIpc) is 2.92. The summed E-state index contributed by atoms with van der Waals surface area (Å²) in [7, 11) is 1.64. The van der Waals surface area contributed by atoms with Crippen molar-refractivity contribution in [3.63, 3.8) is 0 Å². The van der Waals surface area contributed by atoms with E-state index in [-0.39, 0.29) is 5.78 Å². The summed E-state index contributed by atoms with van der Waals surface area (Å²) in [6, 6.07) is 9.96. The number of aromatic nitrogens is 2. The van der Waals surface area contributed by atoms with Gasteiger partial charge in [-0.05, 0) is 30.5 Å². The van der Waals surface area contributed by atoms with Crippen LogP contribution in [0.5, 0.6) is 5.75 Å². The third-order valence-corrected chi connectivity index (χ3v) is 4.19. The van der Waals surface area contributed by atoms with Crippen molar-refractivity contribution in [3.8, 4) is 11.8 Å². The number of nitrogens with zero attached hydrogens (tertiary/aromatic N) is 3. The van der Waals surface area contributed by atoms with Gasteiger partial charge >= 0.3 is 0 Å². The number of Topliss-reactive ketones (excluding diaryl/α,β-unsaturated/α-hetero) is 1. The van der Waals surface area contributed by atoms with E-state index < -0.39 is 0 Å². The largest absolute Gasteiger partial charge is 0.497 e. The van der Waals surface area contributed by atoms with E-state index in [0.29, 0.717) is 25.8 Å². The van der Waals surface area contributed by atoms with Gasteiger partial charge in [-0.2, -0.15) is 10.4 Å². The first kappa shape index (κ1) is 15.3. The quantitative estimate of drug-likeness (QED) is 0.851. The summed E-state index contributed by atoms with van der Waals surface area (Å²) in [5.41, 5.74) is 3.70. The van der Waals surface area contributed by atoms with E-state index in [2.05, 4.69) is 11.2 Å². The number of ketones is 1. The fourth-order valence-electron chi connectivity index (χ4n) is 3.07. The van der Waals surface area contributed by atoms with Crippen molar-refractivity contribution in [2.75, 3.05) is 7.11 Å². The van der Waals surface area contributed by atoms with E-state index in [1.165, 1.54) is 0 Å². The summed E-state index contributed by atoms with van der Waals surface area (Å²) in [4.78, 5) is 12.3. The molecule has 0 bridgehead atoms. The molecule has 0 unspecified atom stereocenters. The van der Waals surface area contributed by atoms with Gasteiger partial charge in [-0.1, -0.05) is 12.1 Å². The molecule has 0 saturated heterocycles. The number of benzene rings is 1. The van der Waals surface area contributed by atoms with Gasteiger partial charge in [0.2, 0.25) is 0 Å².